The van der Waals surface area contributed by atoms with Gasteiger partial charge in [0, 0.05) is 66.7 Å². The van der Waals surface area contributed by atoms with Gasteiger partial charge in [0.05, 0.1) is 8.22 Å². The van der Waals surface area contributed by atoms with Gasteiger partial charge in [-0.2, -0.15) is 0 Å². The zero-order chi connectivity index (χ0) is 29.8. The van der Waals surface area contributed by atoms with Crippen LogP contribution in [0, 0.1) is 13.8 Å². The first-order chi connectivity index (χ1) is 17.6. The van der Waals surface area contributed by atoms with Crippen LogP contribution in [0.3, 0.4) is 0 Å². The molecule has 3 heterocycles. The number of hydrogen-bond acceptors (Lipinski definition) is 2. The van der Waals surface area contributed by atoms with Gasteiger partial charge in [-0.3, -0.25) is 4.98 Å². The molecule has 3 aromatic rings. The van der Waals surface area contributed by atoms with E-state index < -0.39 is 55.7 Å². The van der Waals surface area contributed by atoms with Gasteiger partial charge in [0.15, 0.2) is 0 Å². The van der Waals surface area contributed by atoms with E-state index in [1.165, 1.54) is 13.8 Å². The molecule has 1 aromatic carbocycles. The van der Waals surface area contributed by atoms with Crippen molar-refractivity contribution in [3.05, 3.63) is 64.5 Å². The first-order valence-corrected chi connectivity index (χ1v) is 7.49. The highest BCUT2D eigenvalue weighted by Crippen LogP contribution is 2.31. The molecule has 4 rings (SSSR count). The van der Waals surface area contributed by atoms with Crippen LogP contribution < -0.4 is 0 Å². The van der Waals surface area contributed by atoms with Crippen LogP contribution in [0.1, 0.15) is 48.6 Å². The normalized spacial score (nSPS) is 30.8. The molecule has 24 heavy (non-hydrogen) atoms. The van der Waals surface area contributed by atoms with E-state index >= 15 is 0 Å². The third-order valence-corrected chi connectivity index (χ3v) is 3.79. The Balaban J connectivity index is 2.15. The van der Waals surface area contributed by atoms with Gasteiger partial charge in [-0.05, 0) is 56.5 Å². The van der Waals surface area contributed by atoms with Crippen LogP contribution in [0.2, 0.25) is 0 Å². The van der Waals surface area contributed by atoms with Crippen molar-refractivity contribution in [1.29, 1.82) is 0 Å². The fraction of sp³-hybridized carbons (Fsp3) is 0.381. The van der Waals surface area contributed by atoms with E-state index in [2.05, 4.69) is 4.98 Å². The Labute approximate surface area is 165 Å². The maximum absolute atomic E-state index is 8.78. The van der Waals surface area contributed by atoms with Crippen LogP contribution in [0.4, 0.5) is 0 Å². The molecule has 124 valence electrons. The average Bonchev–Trinajstić information content (AvgIpc) is 3.14. The van der Waals surface area contributed by atoms with Gasteiger partial charge in [0.1, 0.15) is 0 Å². The second kappa shape index (κ2) is 6.06. The number of likely N-dealkylation sites (N-methyl/N-ethyl adjacent to an activating group) is 1. The van der Waals surface area contributed by atoms with Crippen LogP contribution in [-0.2, 0) is 25.8 Å². The Kier molecular flexibility index (Phi) is 1.51. The number of benzene rings is 1. The minimum Gasteiger partial charge on any atom is -0.344 e. The van der Waals surface area contributed by atoms with E-state index in [1.54, 1.807) is 0 Å². The van der Waals surface area contributed by atoms with Crippen molar-refractivity contribution in [2.24, 2.45) is 0 Å². The molecule has 0 saturated heterocycles. The Morgan fingerprint density at radius 1 is 1.29 bits per heavy atom. The summed E-state index contributed by atoms with van der Waals surface area (Å²) in [4.78, 5) is 3.77. The molecule has 0 bridgehead atoms. The molecule has 3 nitrogen and oxygen atoms in total. The van der Waals surface area contributed by atoms with Crippen molar-refractivity contribution in [3.63, 3.8) is 0 Å². The summed E-state index contributed by atoms with van der Waals surface area (Å²) in [5.41, 5.74) is -1.40. The fourth-order valence-corrected chi connectivity index (χ4v) is 2.67. The van der Waals surface area contributed by atoms with Crippen molar-refractivity contribution in [1.82, 2.24) is 14.5 Å². The lowest BCUT2D eigenvalue weighted by Gasteiger charge is -2.24. The van der Waals surface area contributed by atoms with E-state index in [-0.39, 0.29) is 63.8 Å². The zero-order valence-corrected chi connectivity index (χ0v) is 13.3. The van der Waals surface area contributed by atoms with Gasteiger partial charge < -0.3 is 9.47 Å². The second-order valence-electron chi connectivity index (χ2n) is 5.57. The van der Waals surface area contributed by atoms with Crippen molar-refractivity contribution in [3.8, 4) is 0 Å². The molecule has 3 heteroatoms. The van der Waals surface area contributed by atoms with Gasteiger partial charge in [-0.1, -0.05) is 17.6 Å². The predicted molar refractivity (Wildman–Crippen MR) is 99.4 cm³/mol. The summed E-state index contributed by atoms with van der Waals surface area (Å²) in [5, 5.41) is -0.317. The van der Waals surface area contributed by atoms with Crippen LogP contribution in [0.5, 0.6) is 0 Å². The van der Waals surface area contributed by atoms with E-state index in [1.807, 2.05) is 0 Å². The summed E-state index contributed by atoms with van der Waals surface area (Å²) in [6.45, 7) is -7.61. The summed E-state index contributed by atoms with van der Waals surface area (Å²) in [7, 11) is 0. The Morgan fingerprint density at radius 3 is 3.08 bits per heavy atom. The molecule has 0 aliphatic carbocycles. The van der Waals surface area contributed by atoms with Gasteiger partial charge in [0.25, 0.3) is 0 Å². The monoisotopic (exact) mass is 334 g/mol. The zero-order valence-electron chi connectivity index (χ0n) is 28.3. The molecule has 0 radical (unpaired) electrons. The molecule has 2 aromatic heterocycles. The molecule has 0 amide bonds. The van der Waals surface area contributed by atoms with Crippen molar-refractivity contribution in [2.75, 3.05) is 13.5 Å². The Bertz CT molecular complexity index is 1520. The summed E-state index contributed by atoms with van der Waals surface area (Å²) in [5.74, 6) is 0. The van der Waals surface area contributed by atoms with E-state index in [0.717, 1.165) is 4.57 Å². The van der Waals surface area contributed by atoms with Crippen molar-refractivity contribution >= 4 is 10.9 Å². The van der Waals surface area contributed by atoms with Gasteiger partial charge in [0.2, 0.25) is 0 Å². The lowest BCUT2D eigenvalue weighted by molar-refractivity contribution is 0.309. The molecule has 0 fully saturated rings. The van der Waals surface area contributed by atoms with E-state index in [4.69, 9.17) is 20.6 Å². The average molecular weight is 335 g/mol. The van der Waals surface area contributed by atoms with Crippen LogP contribution in [0.15, 0.2) is 36.4 Å². The molecule has 0 N–H and O–H groups in total. The number of pyridine rings is 1. The Morgan fingerprint density at radius 2 is 2.21 bits per heavy atom. The number of aryl methyl sites for hydroxylation is 2. The van der Waals surface area contributed by atoms with Gasteiger partial charge >= 0.3 is 0 Å². The fourth-order valence-electron chi connectivity index (χ4n) is 2.67. The SMILES string of the molecule is [2H]c1nc(C)c([2H])c([2H])c1CCn1c2c(c3c([2H])c(C)c([2H])c([2H])c31)C([2H])([2H])N(C([2H])([2H])[2H])C([2H])([2H])C2([2H])[2H]. The summed E-state index contributed by atoms with van der Waals surface area (Å²) < 4.78 is 127. The number of nitrogens with zero attached hydrogens (tertiary/aromatic N) is 3. The Hall–Kier alpha value is -2.13. The van der Waals surface area contributed by atoms with E-state index in [9.17, 15) is 0 Å². The number of rotatable bonds is 3. The summed E-state index contributed by atoms with van der Waals surface area (Å²) >= 11 is 0. The van der Waals surface area contributed by atoms with Gasteiger partial charge in [-0.25, -0.2) is 0 Å². The molecular weight excluding hydrogens is 294 g/mol. The standard InChI is InChI=1S/C21H25N3/c1-15-4-7-20-18(12-15)19-14-23(3)10-9-21(19)24(20)11-8-17-6-5-16(2)22-13-17/h4-7,12-13H,8-11,14H2,1-3H3/i3D3,4D,5D,6D,7D,9D2,10D2,12D,13D,14D2. The lowest BCUT2D eigenvalue weighted by atomic mass is 10.0. The molecule has 1 aliphatic heterocycles. The van der Waals surface area contributed by atoms with Crippen molar-refractivity contribution < 1.29 is 20.6 Å². The third-order valence-electron chi connectivity index (χ3n) is 3.79. The number of hydrogen-bond donors (Lipinski definition) is 0. The van der Waals surface area contributed by atoms with Gasteiger partial charge in [-0.15, -0.1) is 0 Å². The topological polar surface area (TPSA) is 21.1 Å². The minimum atomic E-state index is -3.44. The first-order valence-electron chi connectivity index (χ1n) is 15.0. The minimum absolute atomic E-state index is 0.00328. The molecule has 0 saturated carbocycles. The quantitative estimate of drug-likeness (QED) is 0.725. The molecule has 0 spiro atoms. The third kappa shape index (κ3) is 2.73. The highest BCUT2D eigenvalue weighted by Gasteiger charge is 2.22. The molecule has 0 unspecified atom stereocenters. The predicted octanol–water partition coefficient (Wildman–Crippen LogP) is 3.88. The highest BCUT2D eigenvalue weighted by atomic mass is 15.1. The van der Waals surface area contributed by atoms with E-state index in [0.29, 0.717) is 0 Å². The van der Waals surface area contributed by atoms with Crippen LogP contribution >= 0.6 is 0 Å². The summed E-state index contributed by atoms with van der Waals surface area (Å²) in [6, 6.07) is -1.85. The molecule has 0 atom stereocenters. The lowest BCUT2D eigenvalue weighted by Crippen LogP contribution is -2.27. The second-order valence-corrected chi connectivity index (χ2v) is 5.57. The maximum atomic E-state index is 8.78. The summed E-state index contributed by atoms with van der Waals surface area (Å²) in [6.07, 6.45) is -3.74. The smallest absolute Gasteiger partial charge is 0.0843 e. The number of fused-ring (bicyclic) bond motifs is 3. The van der Waals surface area contributed by atoms with Crippen molar-refractivity contribution in [2.45, 2.75) is 39.7 Å². The highest BCUT2D eigenvalue weighted by molar-refractivity contribution is 5.86. The number of aromatic nitrogens is 2. The molecule has 1 aliphatic rings. The van der Waals surface area contributed by atoms with Crippen LogP contribution in [0.25, 0.3) is 10.9 Å². The van der Waals surface area contributed by atoms with Crippen LogP contribution in [-0.4, -0.2) is 27.9 Å². The molecular formula is C21H25N3. The first kappa shape index (κ1) is 5.99. The maximum Gasteiger partial charge on any atom is 0.0843 e. The largest absolute Gasteiger partial charge is 0.344 e.